The van der Waals surface area contributed by atoms with Gasteiger partial charge in [0.05, 0.1) is 25.3 Å². The van der Waals surface area contributed by atoms with Crippen molar-refractivity contribution >= 4 is 11.8 Å². The van der Waals surface area contributed by atoms with Gasteiger partial charge in [0.2, 0.25) is 11.8 Å². The van der Waals surface area contributed by atoms with Crippen molar-refractivity contribution in [2.45, 2.75) is 26.8 Å². The van der Waals surface area contributed by atoms with Crippen molar-refractivity contribution in [1.29, 1.82) is 0 Å². The van der Waals surface area contributed by atoms with Gasteiger partial charge in [0.25, 0.3) is 0 Å². The van der Waals surface area contributed by atoms with Crippen molar-refractivity contribution in [3.8, 4) is 11.3 Å². The maximum Gasteiger partial charge on any atom is 0.233 e. The van der Waals surface area contributed by atoms with E-state index in [0.29, 0.717) is 57.4 Å². The summed E-state index contributed by atoms with van der Waals surface area (Å²) in [6.07, 6.45) is 0.484. The molecule has 0 radical (unpaired) electrons. The van der Waals surface area contributed by atoms with E-state index in [1.54, 1.807) is 12.1 Å². The number of morpholine rings is 1. The van der Waals surface area contributed by atoms with Crippen molar-refractivity contribution < 1.29 is 18.4 Å². The monoisotopic (exact) mass is 432 g/mol. The fraction of sp³-hybridized carbons (Fsp3) is 0.565. The number of hydrogen-bond donors (Lipinski definition) is 0. The predicted octanol–water partition coefficient (Wildman–Crippen LogP) is 3.25. The molecule has 1 fully saturated rings. The van der Waals surface area contributed by atoms with E-state index in [-0.39, 0.29) is 17.6 Å². The Kier molecular flexibility index (Phi) is 8.03. The zero-order chi connectivity index (χ0) is 22.4. The van der Waals surface area contributed by atoms with Gasteiger partial charge in [0, 0.05) is 38.2 Å². The summed E-state index contributed by atoms with van der Waals surface area (Å²) < 4.78 is 24.8. The Morgan fingerprint density at radius 3 is 2.45 bits per heavy atom. The average molecular weight is 433 g/mol. The number of nitrogens with zero attached hydrogens (tertiary/aromatic N) is 4. The predicted molar refractivity (Wildman–Crippen MR) is 118 cm³/mol. The highest BCUT2D eigenvalue weighted by Gasteiger charge is 2.27. The largest absolute Gasteiger partial charge is 0.378 e. The van der Waals surface area contributed by atoms with E-state index in [9.17, 15) is 9.18 Å². The van der Waals surface area contributed by atoms with Crippen molar-refractivity contribution in [2.24, 2.45) is 5.92 Å². The average Bonchev–Trinajstić information content (AvgIpc) is 3.15. The minimum atomic E-state index is -0.304. The summed E-state index contributed by atoms with van der Waals surface area (Å²) in [6, 6.07) is 6.21. The fourth-order valence-corrected chi connectivity index (χ4v) is 3.57. The van der Waals surface area contributed by atoms with Gasteiger partial charge in [-0.3, -0.25) is 4.79 Å². The standard InChI is InChI=1S/C23H33FN4O3/c1-17(2)15-21(29)28(10-9-26(3)4)16-20-22(18-5-7-19(24)8-6-18)25-31-23(20)27-11-13-30-14-12-27/h5-8,17H,9-16H2,1-4H3. The number of aromatic nitrogens is 1. The molecule has 1 aliphatic rings. The second kappa shape index (κ2) is 10.7. The number of likely N-dealkylation sites (N-methyl/N-ethyl adjacent to an activating group) is 1. The van der Waals surface area contributed by atoms with Crippen LogP contribution in [0, 0.1) is 11.7 Å². The summed E-state index contributed by atoms with van der Waals surface area (Å²) in [7, 11) is 3.99. The number of carbonyl (C=O) groups excluding carboxylic acids is 1. The molecule has 3 rings (SSSR count). The van der Waals surface area contributed by atoms with Gasteiger partial charge in [-0.2, -0.15) is 0 Å². The lowest BCUT2D eigenvalue weighted by molar-refractivity contribution is -0.132. The molecule has 170 valence electrons. The van der Waals surface area contributed by atoms with E-state index in [4.69, 9.17) is 9.26 Å². The van der Waals surface area contributed by atoms with Crippen LogP contribution < -0.4 is 4.90 Å². The fourth-order valence-electron chi connectivity index (χ4n) is 3.57. The lowest BCUT2D eigenvalue weighted by Gasteiger charge is -2.29. The first-order chi connectivity index (χ1) is 14.8. The number of amides is 1. The number of ether oxygens (including phenoxy) is 1. The number of hydrogen-bond acceptors (Lipinski definition) is 6. The summed E-state index contributed by atoms with van der Waals surface area (Å²) in [5.41, 5.74) is 2.27. The molecule has 0 saturated carbocycles. The van der Waals surface area contributed by atoms with E-state index < -0.39 is 0 Å². The molecule has 2 aromatic rings. The summed E-state index contributed by atoms with van der Waals surface area (Å²) in [6.45, 7) is 8.47. The van der Waals surface area contributed by atoms with Crippen molar-refractivity contribution in [3.05, 3.63) is 35.6 Å². The molecule has 1 aromatic heterocycles. The lowest BCUT2D eigenvalue weighted by Crippen LogP contribution is -2.39. The molecule has 1 amide bonds. The zero-order valence-corrected chi connectivity index (χ0v) is 18.9. The van der Waals surface area contributed by atoms with Gasteiger partial charge in [-0.25, -0.2) is 4.39 Å². The third-order valence-electron chi connectivity index (χ3n) is 5.29. The quantitative estimate of drug-likeness (QED) is 0.606. The van der Waals surface area contributed by atoms with Crippen molar-refractivity contribution in [1.82, 2.24) is 15.0 Å². The van der Waals surface area contributed by atoms with Crippen LogP contribution >= 0.6 is 0 Å². The second-order valence-corrected chi connectivity index (χ2v) is 8.64. The first kappa shape index (κ1) is 23.2. The minimum Gasteiger partial charge on any atom is -0.378 e. The first-order valence-corrected chi connectivity index (χ1v) is 10.8. The van der Waals surface area contributed by atoms with Crippen molar-refractivity contribution in [2.75, 3.05) is 58.4 Å². The number of benzene rings is 1. The lowest BCUT2D eigenvalue weighted by atomic mass is 10.1. The Morgan fingerprint density at radius 1 is 1.16 bits per heavy atom. The molecule has 7 nitrogen and oxygen atoms in total. The Morgan fingerprint density at radius 2 is 1.84 bits per heavy atom. The molecule has 31 heavy (non-hydrogen) atoms. The van der Waals surface area contributed by atoms with Gasteiger partial charge in [0.15, 0.2) is 0 Å². The van der Waals surface area contributed by atoms with Crippen LogP contribution in [0.3, 0.4) is 0 Å². The number of carbonyl (C=O) groups is 1. The summed E-state index contributed by atoms with van der Waals surface area (Å²) in [5.74, 6) is 0.736. The molecule has 0 N–H and O–H groups in total. The van der Waals surface area contributed by atoms with Gasteiger partial charge in [-0.15, -0.1) is 0 Å². The maximum absolute atomic E-state index is 13.5. The molecule has 0 atom stereocenters. The Labute approximate surface area is 183 Å². The van der Waals surface area contributed by atoms with Gasteiger partial charge in [0.1, 0.15) is 11.5 Å². The highest BCUT2D eigenvalue weighted by Crippen LogP contribution is 2.33. The Hall–Kier alpha value is -2.45. The van der Waals surface area contributed by atoms with E-state index in [1.165, 1.54) is 12.1 Å². The van der Waals surface area contributed by atoms with E-state index >= 15 is 0 Å². The van der Waals surface area contributed by atoms with Crippen LogP contribution in [0.25, 0.3) is 11.3 Å². The normalized spacial score (nSPS) is 14.5. The van der Waals surface area contributed by atoms with Crippen LogP contribution in [0.15, 0.2) is 28.8 Å². The number of rotatable bonds is 9. The van der Waals surface area contributed by atoms with Crippen molar-refractivity contribution in [3.63, 3.8) is 0 Å². The highest BCUT2D eigenvalue weighted by molar-refractivity contribution is 5.77. The molecule has 0 aliphatic carbocycles. The van der Waals surface area contributed by atoms with Crippen LogP contribution in [-0.2, 0) is 16.1 Å². The third kappa shape index (κ3) is 6.27. The maximum atomic E-state index is 13.5. The molecule has 8 heteroatoms. The van der Waals surface area contributed by atoms with Gasteiger partial charge in [-0.1, -0.05) is 19.0 Å². The second-order valence-electron chi connectivity index (χ2n) is 8.64. The third-order valence-corrected chi connectivity index (χ3v) is 5.29. The molecule has 0 bridgehead atoms. The van der Waals surface area contributed by atoms with Gasteiger partial charge >= 0.3 is 0 Å². The SMILES string of the molecule is CC(C)CC(=O)N(CCN(C)C)Cc1c(-c2ccc(F)cc2)noc1N1CCOCC1. The molecule has 1 aliphatic heterocycles. The summed E-state index contributed by atoms with van der Waals surface area (Å²) in [4.78, 5) is 19.1. The first-order valence-electron chi connectivity index (χ1n) is 10.8. The molecule has 2 heterocycles. The van der Waals surface area contributed by atoms with Crippen LogP contribution in [0.1, 0.15) is 25.8 Å². The summed E-state index contributed by atoms with van der Waals surface area (Å²) in [5, 5.41) is 4.33. The molecule has 0 unspecified atom stereocenters. The van der Waals surface area contributed by atoms with Gasteiger partial charge in [-0.05, 0) is 44.3 Å². The van der Waals surface area contributed by atoms with Crippen LogP contribution in [0.4, 0.5) is 10.3 Å². The zero-order valence-electron chi connectivity index (χ0n) is 18.9. The van der Waals surface area contributed by atoms with Crippen LogP contribution in [-0.4, -0.2) is 74.4 Å². The molecule has 0 spiro atoms. The molecule has 1 aromatic carbocycles. The molecule has 1 saturated heterocycles. The van der Waals surface area contributed by atoms with Crippen LogP contribution in [0.2, 0.25) is 0 Å². The molecular weight excluding hydrogens is 399 g/mol. The van der Waals surface area contributed by atoms with E-state index in [2.05, 4.69) is 15.0 Å². The van der Waals surface area contributed by atoms with Crippen LogP contribution in [0.5, 0.6) is 0 Å². The van der Waals surface area contributed by atoms with E-state index in [1.807, 2.05) is 32.8 Å². The highest BCUT2D eigenvalue weighted by atomic mass is 19.1. The van der Waals surface area contributed by atoms with Gasteiger partial charge < -0.3 is 24.0 Å². The topological polar surface area (TPSA) is 62.1 Å². The number of anilines is 1. The minimum absolute atomic E-state index is 0.107. The molecular formula is C23H33FN4O3. The number of halogens is 1. The Balaban J connectivity index is 1.96. The van der Waals surface area contributed by atoms with E-state index in [0.717, 1.165) is 17.7 Å². The summed E-state index contributed by atoms with van der Waals surface area (Å²) >= 11 is 0. The smallest absolute Gasteiger partial charge is 0.233 e. The Bertz CT molecular complexity index is 845.